The number of halogens is 1. The third-order valence-corrected chi connectivity index (χ3v) is 3.71. The van der Waals surface area contributed by atoms with Crippen LogP contribution in [0.1, 0.15) is 15.2 Å². The van der Waals surface area contributed by atoms with Gasteiger partial charge in [-0.2, -0.15) is 0 Å². The summed E-state index contributed by atoms with van der Waals surface area (Å²) in [6.07, 6.45) is 1.31. The Hall–Kier alpha value is -2.79. The van der Waals surface area contributed by atoms with Gasteiger partial charge in [-0.15, -0.1) is 0 Å². The van der Waals surface area contributed by atoms with Crippen LogP contribution < -0.4 is 4.74 Å². The highest BCUT2D eigenvalue weighted by Crippen LogP contribution is 2.24. The molecule has 0 atom stereocenters. The quantitative estimate of drug-likeness (QED) is 0.792. The molecule has 0 aliphatic heterocycles. The average Bonchev–Trinajstić information content (AvgIpc) is 2.94. The van der Waals surface area contributed by atoms with E-state index in [1.807, 2.05) is 0 Å². The molecule has 3 aromatic rings. The molecule has 1 N–H and O–H groups in total. The van der Waals surface area contributed by atoms with Crippen molar-refractivity contribution < 1.29 is 19.4 Å². The number of para-hydroxylation sites is 2. The fourth-order valence-corrected chi connectivity index (χ4v) is 2.52. The Labute approximate surface area is 136 Å². The summed E-state index contributed by atoms with van der Waals surface area (Å²) >= 11 is 5.97. The first-order valence-electron chi connectivity index (χ1n) is 6.82. The Bertz CT molecular complexity index is 900. The fourth-order valence-electron chi connectivity index (χ4n) is 2.33. The predicted molar refractivity (Wildman–Crippen MR) is 86.5 cm³/mol. The fraction of sp³-hybridized carbons (Fsp3) is 0.0588. The summed E-state index contributed by atoms with van der Waals surface area (Å²) in [4.78, 5) is 23.7. The Morgan fingerprint density at radius 1 is 1.09 bits per heavy atom. The van der Waals surface area contributed by atoms with Gasteiger partial charge >= 0.3 is 5.97 Å². The SMILES string of the molecule is O=C(O)c1cn(C(=O)COc2ccccc2Cl)c2ccccc12. The molecule has 0 spiro atoms. The zero-order valence-corrected chi connectivity index (χ0v) is 12.7. The van der Waals surface area contributed by atoms with Crippen molar-refractivity contribution in [3.8, 4) is 5.75 Å². The summed E-state index contributed by atoms with van der Waals surface area (Å²) < 4.78 is 6.71. The van der Waals surface area contributed by atoms with Crippen molar-refractivity contribution in [1.82, 2.24) is 4.57 Å². The molecular formula is C17H12ClNO4. The molecule has 2 aromatic carbocycles. The molecule has 23 heavy (non-hydrogen) atoms. The van der Waals surface area contributed by atoms with Crippen molar-refractivity contribution in [1.29, 1.82) is 0 Å². The molecule has 0 aliphatic carbocycles. The maximum Gasteiger partial charge on any atom is 0.337 e. The molecule has 0 amide bonds. The van der Waals surface area contributed by atoms with E-state index in [9.17, 15) is 14.7 Å². The van der Waals surface area contributed by atoms with Crippen LogP contribution >= 0.6 is 11.6 Å². The third-order valence-electron chi connectivity index (χ3n) is 3.40. The van der Waals surface area contributed by atoms with E-state index in [0.29, 0.717) is 21.7 Å². The first-order valence-corrected chi connectivity index (χ1v) is 7.19. The van der Waals surface area contributed by atoms with Crippen LogP contribution in [0.5, 0.6) is 5.75 Å². The second-order valence-corrected chi connectivity index (χ2v) is 5.26. The number of hydrogen-bond acceptors (Lipinski definition) is 3. The van der Waals surface area contributed by atoms with Gasteiger partial charge < -0.3 is 9.84 Å². The largest absolute Gasteiger partial charge is 0.482 e. The second kappa shape index (κ2) is 6.14. The van der Waals surface area contributed by atoms with Gasteiger partial charge in [0.2, 0.25) is 0 Å². The molecule has 0 radical (unpaired) electrons. The summed E-state index contributed by atoms with van der Waals surface area (Å²) in [6.45, 7) is -0.249. The highest BCUT2D eigenvalue weighted by atomic mass is 35.5. The molecule has 1 heterocycles. The van der Waals surface area contributed by atoms with Gasteiger partial charge in [0.15, 0.2) is 6.61 Å². The summed E-state index contributed by atoms with van der Waals surface area (Å²) in [5, 5.41) is 10.2. The molecule has 3 rings (SSSR count). The van der Waals surface area contributed by atoms with E-state index in [2.05, 4.69) is 0 Å². The number of carboxylic acid groups (broad SMARTS) is 1. The van der Waals surface area contributed by atoms with Crippen molar-refractivity contribution in [3.63, 3.8) is 0 Å². The zero-order chi connectivity index (χ0) is 16.4. The molecular weight excluding hydrogens is 318 g/mol. The van der Waals surface area contributed by atoms with E-state index in [1.165, 1.54) is 10.8 Å². The Balaban J connectivity index is 1.90. The highest BCUT2D eigenvalue weighted by molar-refractivity contribution is 6.32. The number of nitrogens with zero attached hydrogens (tertiary/aromatic N) is 1. The van der Waals surface area contributed by atoms with Gasteiger partial charge in [0, 0.05) is 11.6 Å². The van der Waals surface area contributed by atoms with Crippen molar-refractivity contribution >= 4 is 34.4 Å². The molecule has 0 unspecified atom stereocenters. The first kappa shape index (κ1) is 15.1. The van der Waals surface area contributed by atoms with Gasteiger partial charge in [0.05, 0.1) is 16.1 Å². The van der Waals surface area contributed by atoms with Gasteiger partial charge in [0.25, 0.3) is 5.91 Å². The maximum atomic E-state index is 12.4. The minimum absolute atomic E-state index is 0.0756. The maximum absolute atomic E-state index is 12.4. The number of carboxylic acids is 1. The van der Waals surface area contributed by atoms with E-state index in [-0.39, 0.29) is 18.1 Å². The number of aromatic carboxylic acids is 1. The lowest BCUT2D eigenvalue weighted by Crippen LogP contribution is -2.18. The van der Waals surface area contributed by atoms with Gasteiger partial charge in [-0.05, 0) is 18.2 Å². The molecule has 0 saturated heterocycles. The second-order valence-electron chi connectivity index (χ2n) is 4.85. The molecule has 1 aromatic heterocycles. The predicted octanol–water partition coefficient (Wildman–Crippen LogP) is 3.71. The Kier molecular flexibility index (Phi) is 4.04. The number of fused-ring (bicyclic) bond motifs is 1. The topological polar surface area (TPSA) is 68.5 Å². The van der Waals surface area contributed by atoms with Gasteiger partial charge in [-0.3, -0.25) is 9.36 Å². The minimum Gasteiger partial charge on any atom is -0.482 e. The highest BCUT2D eigenvalue weighted by Gasteiger charge is 2.17. The van der Waals surface area contributed by atoms with E-state index >= 15 is 0 Å². The van der Waals surface area contributed by atoms with Gasteiger partial charge in [0.1, 0.15) is 5.75 Å². The van der Waals surface area contributed by atoms with Crippen LogP contribution in [0.3, 0.4) is 0 Å². The molecule has 0 aliphatic rings. The number of benzene rings is 2. The molecule has 116 valence electrons. The zero-order valence-electron chi connectivity index (χ0n) is 11.9. The van der Waals surface area contributed by atoms with Crippen LogP contribution in [0.15, 0.2) is 54.7 Å². The summed E-state index contributed by atoms with van der Waals surface area (Å²) in [6, 6.07) is 13.7. The number of hydrogen-bond donors (Lipinski definition) is 1. The minimum atomic E-state index is -1.08. The van der Waals surface area contributed by atoms with Crippen LogP contribution in [-0.4, -0.2) is 28.2 Å². The first-order chi connectivity index (χ1) is 11.1. The number of rotatable bonds is 4. The van der Waals surface area contributed by atoms with Crippen LogP contribution in [-0.2, 0) is 0 Å². The van der Waals surface area contributed by atoms with Crippen molar-refractivity contribution in [3.05, 3.63) is 65.3 Å². The van der Waals surface area contributed by atoms with Crippen molar-refractivity contribution in [2.75, 3.05) is 6.61 Å². The van der Waals surface area contributed by atoms with E-state index in [0.717, 1.165) is 0 Å². The average molecular weight is 330 g/mol. The molecule has 6 heteroatoms. The van der Waals surface area contributed by atoms with Gasteiger partial charge in [-0.25, -0.2) is 4.79 Å². The van der Waals surface area contributed by atoms with Crippen molar-refractivity contribution in [2.45, 2.75) is 0 Å². The number of ether oxygens (including phenoxy) is 1. The Morgan fingerprint density at radius 3 is 2.52 bits per heavy atom. The van der Waals surface area contributed by atoms with Crippen LogP contribution in [0.2, 0.25) is 5.02 Å². The summed E-state index contributed by atoms with van der Waals surface area (Å²) in [7, 11) is 0. The lowest BCUT2D eigenvalue weighted by atomic mass is 10.2. The summed E-state index contributed by atoms with van der Waals surface area (Å²) in [5.74, 6) is -1.06. The number of carbonyl (C=O) groups excluding carboxylic acids is 1. The van der Waals surface area contributed by atoms with E-state index < -0.39 is 5.97 Å². The molecule has 0 saturated carbocycles. The van der Waals surface area contributed by atoms with Gasteiger partial charge in [-0.1, -0.05) is 41.9 Å². The monoisotopic (exact) mass is 329 g/mol. The molecule has 0 bridgehead atoms. The number of aromatic nitrogens is 1. The van der Waals surface area contributed by atoms with Crippen LogP contribution in [0, 0.1) is 0 Å². The lowest BCUT2D eigenvalue weighted by Gasteiger charge is -2.08. The molecule has 5 nitrogen and oxygen atoms in total. The summed E-state index contributed by atoms with van der Waals surface area (Å²) in [5.41, 5.74) is 0.601. The Morgan fingerprint density at radius 2 is 1.78 bits per heavy atom. The van der Waals surface area contributed by atoms with Crippen LogP contribution in [0.25, 0.3) is 10.9 Å². The van der Waals surface area contributed by atoms with Crippen LogP contribution in [0.4, 0.5) is 0 Å². The molecule has 0 fully saturated rings. The number of carbonyl (C=O) groups is 2. The third kappa shape index (κ3) is 2.91. The normalized spacial score (nSPS) is 10.7. The van der Waals surface area contributed by atoms with E-state index in [1.54, 1.807) is 48.5 Å². The standard InChI is InChI=1S/C17H12ClNO4/c18-13-6-2-4-8-15(13)23-10-16(20)19-9-12(17(21)22)11-5-1-3-7-14(11)19/h1-9H,10H2,(H,21,22). The van der Waals surface area contributed by atoms with Crippen molar-refractivity contribution in [2.24, 2.45) is 0 Å². The lowest BCUT2D eigenvalue weighted by molar-refractivity contribution is 0.0699. The smallest absolute Gasteiger partial charge is 0.337 e. The van der Waals surface area contributed by atoms with E-state index in [4.69, 9.17) is 16.3 Å².